The van der Waals surface area contributed by atoms with Crippen LogP contribution in [0.5, 0.6) is 0 Å². The molecule has 1 saturated heterocycles. The molecular formula is C17H22N2O4. The van der Waals surface area contributed by atoms with Crippen LogP contribution < -0.4 is 5.32 Å². The first-order valence-electron chi connectivity index (χ1n) is 7.61. The van der Waals surface area contributed by atoms with Gasteiger partial charge < -0.3 is 15.3 Å². The lowest BCUT2D eigenvalue weighted by Crippen LogP contribution is -2.32. The summed E-state index contributed by atoms with van der Waals surface area (Å²) in [6.45, 7) is 6.54. The number of carboxylic acids is 1. The Balaban J connectivity index is 2.27. The average molecular weight is 318 g/mol. The lowest BCUT2D eigenvalue weighted by Gasteiger charge is -2.29. The quantitative estimate of drug-likeness (QED) is 0.815. The van der Waals surface area contributed by atoms with Gasteiger partial charge in [-0.1, -0.05) is 32.9 Å². The normalized spacial score (nSPS) is 16.4. The Morgan fingerprint density at radius 3 is 2.30 bits per heavy atom. The van der Waals surface area contributed by atoms with Crippen molar-refractivity contribution in [3.8, 4) is 0 Å². The van der Waals surface area contributed by atoms with Crippen LogP contribution in [-0.2, 0) is 9.59 Å². The number of hydrogen-bond donors (Lipinski definition) is 2. The van der Waals surface area contributed by atoms with Gasteiger partial charge in [0.05, 0.1) is 18.3 Å². The van der Waals surface area contributed by atoms with Crippen molar-refractivity contribution in [2.45, 2.75) is 39.7 Å². The third-order valence-electron chi connectivity index (χ3n) is 3.95. The molecule has 0 bridgehead atoms. The molecule has 6 heteroatoms. The number of carbonyl (C=O) groups is 3. The van der Waals surface area contributed by atoms with Gasteiger partial charge in [0, 0.05) is 0 Å². The van der Waals surface area contributed by atoms with Gasteiger partial charge in [0.2, 0.25) is 0 Å². The molecule has 1 aromatic carbocycles. The highest BCUT2D eigenvalue weighted by atomic mass is 16.4. The molecule has 1 atom stereocenters. The van der Waals surface area contributed by atoms with Crippen molar-refractivity contribution >= 4 is 17.8 Å². The summed E-state index contributed by atoms with van der Waals surface area (Å²) in [6.07, 6.45) is 1.58. The molecule has 124 valence electrons. The summed E-state index contributed by atoms with van der Waals surface area (Å²) in [5.74, 6) is -2.11. The van der Waals surface area contributed by atoms with Gasteiger partial charge in [-0.25, -0.2) is 4.79 Å². The van der Waals surface area contributed by atoms with E-state index in [9.17, 15) is 14.4 Å². The van der Waals surface area contributed by atoms with Gasteiger partial charge in [0.15, 0.2) is 0 Å². The number of amides is 2. The van der Waals surface area contributed by atoms with Crippen molar-refractivity contribution in [2.24, 2.45) is 5.41 Å². The zero-order valence-electron chi connectivity index (χ0n) is 13.6. The summed E-state index contributed by atoms with van der Waals surface area (Å²) in [4.78, 5) is 36.0. The van der Waals surface area contributed by atoms with Crippen LogP contribution in [0, 0.1) is 5.41 Å². The minimum absolute atomic E-state index is 0.0967. The molecule has 2 rings (SSSR count). The average Bonchev–Trinajstić information content (AvgIpc) is 2.79. The van der Waals surface area contributed by atoms with Gasteiger partial charge in [-0.2, -0.15) is 0 Å². The van der Waals surface area contributed by atoms with E-state index in [0.29, 0.717) is 6.42 Å². The van der Waals surface area contributed by atoms with Crippen molar-refractivity contribution in [1.29, 1.82) is 0 Å². The summed E-state index contributed by atoms with van der Waals surface area (Å²) in [6, 6.07) is 6.23. The fourth-order valence-electron chi connectivity index (χ4n) is 2.61. The summed E-state index contributed by atoms with van der Waals surface area (Å²) >= 11 is 0. The van der Waals surface area contributed by atoms with E-state index in [1.54, 1.807) is 12.1 Å². The lowest BCUT2D eigenvalue weighted by molar-refractivity contribution is -0.141. The third-order valence-corrected chi connectivity index (χ3v) is 3.95. The zero-order valence-corrected chi connectivity index (χ0v) is 13.6. The minimum Gasteiger partial charge on any atom is -0.478 e. The van der Waals surface area contributed by atoms with Crippen molar-refractivity contribution in [2.75, 3.05) is 6.67 Å². The van der Waals surface area contributed by atoms with Crippen LogP contribution >= 0.6 is 0 Å². The summed E-state index contributed by atoms with van der Waals surface area (Å²) < 4.78 is 0. The fourth-order valence-corrected chi connectivity index (χ4v) is 2.61. The van der Waals surface area contributed by atoms with Gasteiger partial charge in [-0.05, 0) is 36.0 Å². The molecule has 1 unspecified atom stereocenters. The summed E-state index contributed by atoms with van der Waals surface area (Å²) in [5, 5.41) is 11.5. The Bertz CT molecular complexity index is 616. The molecule has 1 heterocycles. The third kappa shape index (κ3) is 4.09. The number of carbonyl (C=O) groups excluding carboxylic acids is 2. The highest BCUT2D eigenvalue weighted by Gasteiger charge is 2.35. The fraction of sp³-hybridized carbons (Fsp3) is 0.471. The second kappa shape index (κ2) is 6.40. The number of carboxylic acid groups (broad SMARTS) is 1. The van der Waals surface area contributed by atoms with E-state index in [-0.39, 0.29) is 23.7 Å². The second-order valence-electron chi connectivity index (χ2n) is 6.98. The topological polar surface area (TPSA) is 86.7 Å². The molecule has 0 aliphatic carbocycles. The highest BCUT2D eigenvalue weighted by Crippen LogP contribution is 2.32. The Labute approximate surface area is 135 Å². The number of nitrogens with zero attached hydrogens (tertiary/aromatic N) is 1. The van der Waals surface area contributed by atoms with Gasteiger partial charge in [-0.15, -0.1) is 0 Å². The van der Waals surface area contributed by atoms with E-state index in [1.807, 2.05) is 0 Å². The van der Waals surface area contributed by atoms with E-state index in [0.717, 1.165) is 12.0 Å². The molecule has 0 spiro atoms. The minimum atomic E-state index is -0.989. The number of nitrogens with one attached hydrogen (secondary N) is 1. The highest BCUT2D eigenvalue weighted by molar-refractivity contribution is 6.36. The number of benzene rings is 1. The number of rotatable bonds is 5. The Morgan fingerprint density at radius 2 is 1.87 bits per heavy atom. The molecule has 0 saturated carbocycles. The van der Waals surface area contributed by atoms with E-state index in [1.165, 1.54) is 17.0 Å². The van der Waals surface area contributed by atoms with Crippen LogP contribution in [0.4, 0.5) is 0 Å². The molecule has 1 aliphatic heterocycles. The van der Waals surface area contributed by atoms with Gasteiger partial charge in [-0.3, -0.25) is 9.59 Å². The largest absolute Gasteiger partial charge is 0.478 e. The van der Waals surface area contributed by atoms with Crippen molar-refractivity contribution in [3.05, 3.63) is 35.4 Å². The Hall–Kier alpha value is -2.37. The predicted molar refractivity (Wildman–Crippen MR) is 84.7 cm³/mol. The van der Waals surface area contributed by atoms with Crippen molar-refractivity contribution < 1.29 is 19.5 Å². The zero-order chi connectivity index (χ0) is 17.2. The van der Waals surface area contributed by atoms with Crippen LogP contribution in [0.3, 0.4) is 0 Å². The smallest absolute Gasteiger partial charge is 0.335 e. The van der Waals surface area contributed by atoms with Gasteiger partial charge in [0.25, 0.3) is 0 Å². The Kier molecular flexibility index (Phi) is 4.73. The first-order valence-corrected chi connectivity index (χ1v) is 7.61. The maximum Gasteiger partial charge on any atom is 0.335 e. The van der Waals surface area contributed by atoms with Gasteiger partial charge >= 0.3 is 17.8 Å². The van der Waals surface area contributed by atoms with E-state index >= 15 is 0 Å². The number of aromatic carboxylic acids is 1. The molecule has 23 heavy (non-hydrogen) atoms. The molecule has 1 fully saturated rings. The van der Waals surface area contributed by atoms with Crippen LogP contribution in [0.15, 0.2) is 24.3 Å². The van der Waals surface area contributed by atoms with Crippen molar-refractivity contribution in [1.82, 2.24) is 10.2 Å². The summed E-state index contributed by atoms with van der Waals surface area (Å²) in [7, 11) is 0. The molecule has 1 aliphatic rings. The molecule has 6 nitrogen and oxygen atoms in total. The first-order chi connectivity index (χ1) is 10.7. The Morgan fingerprint density at radius 1 is 1.26 bits per heavy atom. The SMILES string of the molecule is CC(C)(C)CCC(c1ccc(C(=O)O)cc1)N1CNC(=O)C1=O. The van der Waals surface area contributed by atoms with E-state index in [2.05, 4.69) is 26.1 Å². The second-order valence-corrected chi connectivity index (χ2v) is 6.98. The van der Waals surface area contributed by atoms with Crippen LogP contribution in [0.2, 0.25) is 0 Å². The molecule has 2 amide bonds. The first kappa shape index (κ1) is 17.0. The predicted octanol–water partition coefficient (Wildman–Crippen LogP) is 2.17. The monoisotopic (exact) mass is 318 g/mol. The van der Waals surface area contributed by atoms with Crippen LogP contribution in [-0.4, -0.2) is 34.5 Å². The van der Waals surface area contributed by atoms with Crippen molar-refractivity contribution in [3.63, 3.8) is 0 Å². The molecule has 0 radical (unpaired) electrons. The van der Waals surface area contributed by atoms with Gasteiger partial charge in [0.1, 0.15) is 0 Å². The van der Waals surface area contributed by atoms with E-state index < -0.39 is 17.8 Å². The standard InChI is InChI=1S/C17H22N2O4/c1-17(2,3)9-8-13(19-10-18-14(20)15(19)21)11-4-6-12(7-5-11)16(22)23/h4-7,13H,8-10H2,1-3H3,(H,18,20)(H,22,23). The molecule has 0 aromatic heterocycles. The van der Waals surface area contributed by atoms with Crippen LogP contribution in [0.1, 0.15) is 55.6 Å². The lowest BCUT2D eigenvalue weighted by atomic mass is 9.86. The summed E-state index contributed by atoms with van der Waals surface area (Å²) in [5.41, 5.74) is 1.13. The molecular weight excluding hydrogens is 296 g/mol. The van der Waals surface area contributed by atoms with E-state index in [4.69, 9.17) is 5.11 Å². The molecule has 1 aromatic rings. The maximum absolute atomic E-state index is 12.0. The molecule has 2 N–H and O–H groups in total. The maximum atomic E-state index is 12.0. The van der Waals surface area contributed by atoms with Crippen LogP contribution in [0.25, 0.3) is 0 Å². The number of hydrogen-bond acceptors (Lipinski definition) is 3.